The van der Waals surface area contributed by atoms with Crippen molar-refractivity contribution in [3.8, 4) is 5.75 Å². The van der Waals surface area contributed by atoms with Crippen molar-refractivity contribution in [2.24, 2.45) is 5.73 Å². The van der Waals surface area contributed by atoms with Gasteiger partial charge in [0.15, 0.2) is 11.6 Å². The monoisotopic (exact) mass is 243 g/mol. The molecule has 0 spiro atoms. The average Bonchev–Trinajstić information content (AvgIpc) is 2.26. The molecule has 0 aliphatic heterocycles. The summed E-state index contributed by atoms with van der Waals surface area (Å²) in [6, 6.07) is 4.73. The number of ether oxygens (including phenoxy) is 1. The van der Waals surface area contributed by atoms with Crippen LogP contribution in [0.2, 0.25) is 0 Å². The minimum Gasteiger partial charge on any atom is -0.490 e. The maximum Gasteiger partial charge on any atom is 0.165 e. The standard InChI is InChI=1S/C12H18FNOS/c1-3-16-7-6-15-12-5-4-10(9(2)14)8-11(12)13/h4-5,8-9H,3,6-7,14H2,1-2H3/t9-/m1/s1. The van der Waals surface area contributed by atoms with Crippen molar-refractivity contribution in [3.63, 3.8) is 0 Å². The summed E-state index contributed by atoms with van der Waals surface area (Å²) in [6.45, 7) is 4.45. The largest absolute Gasteiger partial charge is 0.490 e. The van der Waals surface area contributed by atoms with E-state index in [4.69, 9.17) is 10.5 Å². The first-order valence-electron chi connectivity index (χ1n) is 5.40. The van der Waals surface area contributed by atoms with Gasteiger partial charge in [-0.1, -0.05) is 13.0 Å². The predicted octanol–water partition coefficient (Wildman–Crippen LogP) is 2.98. The zero-order valence-electron chi connectivity index (χ0n) is 9.70. The van der Waals surface area contributed by atoms with E-state index in [1.54, 1.807) is 23.9 Å². The highest BCUT2D eigenvalue weighted by Gasteiger charge is 2.06. The molecule has 16 heavy (non-hydrogen) atoms. The van der Waals surface area contributed by atoms with Gasteiger partial charge in [-0.2, -0.15) is 11.8 Å². The molecule has 1 rings (SSSR count). The van der Waals surface area contributed by atoms with Crippen LogP contribution in [0.15, 0.2) is 18.2 Å². The van der Waals surface area contributed by atoms with Gasteiger partial charge in [0.2, 0.25) is 0 Å². The van der Waals surface area contributed by atoms with Gasteiger partial charge in [0, 0.05) is 11.8 Å². The number of thioether (sulfide) groups is 1. The van der Waals surface area contributed by atoms with Gasteiger partial charge in [-0.05, 0) is 30.4 Å². The maximum absolute atomic E-state index is 13.5. The van der Waals surface area contributed by atoms with Crippen molar-refractivity contribution in [3.05, 3.63) is 29.6 Å². The van der Waals surface area contributed by atoms with Gasteiger partial charge < -0.3 is 10.5 Å². The van der Waals surface area contributed by atoms with Crippen LogP contribution in [0.1, 0.15) is 25.5 Å². The Morgan fingerprint density at radius 2 is 2.25 bits per heavy atom. The molecular weight excluding hydrogens is 225 g/mol. The molecule has 0 amide bonds. The summed E-state index contributed by atoms with van der Waals surface area (Å²) >= 11 is 1.77. The Labute approximate surface area is 100 Å². The Morgan fingerprint density at radius 3 is 2.81 bits per heavy atom. The summed E-state index contributed by atoms with van der Waals surface area (Å²) in [7, 11) is 0. The fraction of sp³-hybridized carbons (Fsp3) is 0.500. The Bertz CT molecular complexity index is 331. The number of nitrogens with two attached hydrogens (primary N) is 1. The number of rotatable bonds is 6. The molecule has 0 radical (unpaired) electrons. The van der Waals surface area contributed by atoms with Crippen LogP contribution in [-0.2, 0) is 0 Å². The third kappa shape index (κ3) is 4.02. The summed E-state index contributed by atoms with van der Waals surface area (Å²) < 4.78 is 18.9. The molecule has 4 heteroatoms. The van der Waals surface area contributed by atoms with Crippen LogP contribution < -0.4 is 10.5 Å². The fourth-order valence-electron chi connectivity index (χ4n) is 1.27. The number of halogens is 1. The molecule has 0 saturated carbocycles. The summed E-state index contributed by atoms with van der Waals surface area (Å²) in [5.74, 6) is 1.90. The Morgan fingerprint density at radius 1 is 1.50 bits per heavy atom. The Hall–Kier alpha value is -0.740. The van der Waals surface area contributed by atoms with E-state index in [1.165, 1.54) is 6.07 Å². The van der Waals surface area contributed by atoms with E-state index in [9.17, 15) is 4.39 Å². The predicted molar refractivity (Wildman–Crippen MR) is 67.5 cm³/mol. The Balaban J connectivity index is 2.54. The normalized spacial score (nSPS) is 12.5. The second-order valence-corrected chi connectivity index (χ2v) is 4.92. The van der Waals surface area contributed by atoms with E-state index in [1.807, 2.05) is 6.92 Å². The third-order valence-electron chi connectivity index (χ3n) is 2.17. The number of hydrogen-bond acceptors (Lipinski definition) is 3. The van der Waals surface area contributed by atoms with Crippen molar-refractivity contribution < 1.29 is 9.13 Å². The average molecular weight is 243 g/mol. The summed E-state index contributed by atoms with van der Waals surface area (Å²) in [4.78, 5) is 0. The lowest BCUT2D eigenvalue weighted by Crippen LogP contribution is -2.06. The van der Waals surface area contributed by atoms with Crippen molar-refractivity contribution >= 4 is 11.8 Å². The lowest BCUT2D eigenvalue weighted by Gasteiger charge is -2.10. The van der Waals surface area contributed by atoms with Gasteiger partial charge in [0.05, 0.1) is 6.61 Å². The topological polar surface area (TPSA) is 35.2 Å². The molecule has 1 atom stereocenters. The van der Waals surface area contributed by atoms with Crippen LogP contribution in [0, 0.1) is 5.82 Å². The van der Waals surface area contributed by atoms with Gasteiger partial charge in [-0.25, -0.2) is 4.39 Å². The molecule has 0 bridgehead atoms. The molecule has 0 aliphatic carbocycles. The summed E-state index contributed by atoms with van der Waals surface area (Å²) in [6.07, 6.45) is 0. The molecule has 0 saturated heterocycles. The smallest absolute Gasteiger partial charge is 0.165 e. The van der Waals surface area contributed by atoms with Gasteiger partial charge >= 0.3 is 0 Å². The highest BCUT2D eigenvalue weighted by Crippen LogP contribution is 2.21. The SMILES string of the molecule is CCSCCOc1ccc([C@@H](C)N)cc1F. The molecule has 0 aromatic heterocycles. The zero-order valence-corrected chi connectivity index (χ0v) is 10.5. The minimum absolute atomic E-state index is 0.154. The van der Waals surface area contributed by atoms with E-state index >= 15 is 0 Å². The first kappa shape index (κ1) is 13.3. The van der Waals surface area contributed by atoms with Gasteiger partial charge in [0.25, 0.3) is 0 Å². The van der Waals surface area contributed by atoms with Gasteiger partial charge in [0.1, 0.15) is 0 Å². The molecule has 2 N–H and O–H groups in total. The van der Waals surface area contributed by atoms with E-state index in [2.05, 4.69) is 6.92 Å². The molecule has 1 aromatic rings. The third-order valence-corrected chi connectivity index (χ3v) is 3.03. The van der Waals surface area contributed by atoms with Gasteiger partial charge in [-0.15, -0.1) is 0 Å². The lowest BCUT2D eigenvalue weighted by molar-refractivity contribution is 0.324. The second-order valence-electron chi connectivity index (χ2n) is 3.52. The summed E-state index contributed by atoms with van der Waals surface area (Å²) in [5, 5.41) is 0. The van der Waals surface area contributed by atoms with Crippen molar-refractivity contribution in [1.82, 2.24) is 0 Å². The molecule has 2 nitrogen and oxygen atoms in total. The van der Waals surface area contributed by atoms with Crippen LogP contribution >= 0.6 is 11.8 Å². The fourth-order valence-corrected chi connectivity index (χ4v) is 1.76. The molecule has 0 unspecified atom stereocenters. The maximum atomic E-state index is 13.5. The highest BCUT2D eigenvalue weighted by molar-refractivity contribution is 7.99. The first-order valence-corrected chi connectivity index (χ1v) is 6.56. The van der Waals surface area contributed by atoms with Crippen LogP contribution in [0.3, 0.4) is 0 Å². The van der Waals surface area contributed by atoms with E-state index in [0.717, 1.165) is 17.1 Å². The molecule has 0 heterocycles. The zero-order chi connectivity index (χ0) is 12.0. The quantitative estimate of drug-likeness (QED) is 0.780. The Kier molecular flexibility index (Phi) is 5.63. The second kappa shape index (κ2) is 6.76. The van der Waals surface area contributed by atoms with Crippen LogP contribution in [-0.4, -0.2) is 18.1 Å². The van der Waals surface area contributed by atoms with E-state index in [-0.39, 0.29) is 11.9 Å². The van der Waals surface area contributed by atoms with Crippen LogP contribution in [0.5, 0.6) is 5.75 Å². The molecule has 1 aromatic carbocycles. The molecule has 0 aliphatic rings. The van der Waals surface area contributed by atoms with Crippen molar-refractivity contribution in [1.29, 1.82) is 0 Å². The van der Waals surface area contributed by atoms with Crippen molar-refractivity contribution in [2.75, 3.05) is 18.1 Å². The molecular formula is C12H18FNOS. The first-order chi connectivity index (χ1) is 7.65. The molecule has 0 fully saturated rings. The summed E-state index contributed by atoms with van der Waals surface area (Å²) in [5.41, 5.74) is 6.45. The van der Waals surface area contributed by atoms with Crippen molar-refractivity contribution in [2.45, 2.75) is 19.9 Å². The van der Waals surface area contributed by atoms with Crippen LogP contribution in [0.4, 0.5) is 4.39 Å². The van der Waals surface area contributed by atoms with E-state index in [0.29, 0.717) is 12.4 Å². The minimum atomic E-state index is -0.337. The number of hydrogen-bond donors (Lipinski definition) is 1. The van der Waals surface area contributed by atoms with Crippen LogP contribution in [0.25, 0.3) is 0 Å². The number of benzene rings is 1. The highest BCUT2D eigenvalue weighted by atomic mass is 32.2. The van der Waals surface area contributed by atoms with Gasteiger partial charge in [-0.3, -0.25) is 0 Å². The molecule has 90 valence electrons. The lowest BCUT2D eigenvalue weighted by atomic mass is 10.1. The van der Waals surface area contributed by atoms with E-state index < -0.39 is 0 Å².